The van der Waals surface area contributed by atoms with Gasteiger partial charge in [-0.2, -0.15) is 0 Å². The van der Waals surface area contributed by atoms with Crippen LogP contribution in [0.2, 0.25) is 0 Å². The fourth-order valence-corrected chi connectivity index (χ4v) is 3.95. The van der Waals surface area contributed by atoms with Crippen molar-refractivity contribution in [1.29, 1.82) is 0 Å². The van der Waals surface area contributed by atoms with Crippen LogP contribution in [0.4, 0.5) is 10.1 Å². The zero-order valence-corrected chi connectivity index (χ0v) is 18.0. The molecule has 5 aromatic rings. The molecule has 0 saturated heterocycles. The van der Waals surface area contributed by atoms with Gasteiger partial charge in [-0.1, -0.05) is 54.6 Å². The monoisotopic (exact) mass is 457 g/mol. The van der Waals surface area contributed by atoms with Crippen molar-refractivity contribution >= 4 is 28.3 Å². The number of aromatic nitrogens is 4. The third-order valence-electron chi connectivity index (χ3n) is 5.59. The molecule has 0 aliphatic rings. The highest BCUT2D eigenvalue weighted by Gasteiger charge is 2.19. The zero-order chi connectivity index (χ0) is 23.7. The molecule has 0 bridgehead atoms. The Kier molecular flexibility index (Phi) is 5.51. The van der Waals surface area contributed by atoms with Crippen molar-refractivity contribution in [3.05, 3.63) is 111 Å². The number of hydrogen-bond donors (Lipinski definition) is 1. The summed E-state index contributed by atoms with van der Waals surface area (Å²) >= 11 is 0. The highest BCUT2D eigenvalue weighted by Crippen LogP contribution is 2.14. The molecule has 5 rings (SSSR count). The van der Waals surface area contributed by atoms with E-state index in [0.29, 0.717) is 23.9 Å². The van der Waals surface area contributed by atoms with E-state index in [9.17, 15) is 18.8 Å². The van der Waals surface area contributed by atoms with Gasteiger partial charge in [0.1, 0.15) is 12.4 Å². The summed E-state index contributed by atoms with van der Waals surface area (Å²) in [5.41, 5.74) is 0.612. The predicted octanol–water partition coefficient (Wildman–Crippen LogP) is 2.83. The van der Waals surface area contributed by atoms with Gasteiger partial charge in [0.05, 0.1) is 16.6 Å². The van der Waals surface area contributed by atoms with E-state index in [1.165, 1.54) is 27.2 Å². The third kappa shape index (κ3) is 3.88. The molecular weight excluding hydrogens is 437 g/mol. The lowest BCUT2D eigenvalue weighted by Gasteiger charge is -2.09. The van der Waals surface area contributed by atoms with E-state index in [0.717, 1.165) is 10.2 Å². The number of rotatable bonds is 6. The Morgan fingerprint density at radius 2 is 1.62 bits per heavy atom. The number of benzene rings is 3. The molecule has 9 heteroatoms. The summed E-state index contributed by atoms with van der Waals surface area (Å²) in [6.45, 7) is -0.134. The first-order chi connectivity index (χ1) is 16.5. The quantitative estimate of drug-likeness (QED) is 0.425. The number of fused-ring (bicyclic) bond motifs is 3. The molecule has 2 heterocycles. The van der Waals surface area contributed by atoms with Crippen LogP contribution in [0.15, 0.2) is 88.5 Å². The minimum absolute atomic E-state index is 0.00883. The van der Waals surface area contributed by atoms with Crippen molar-refractivity contribution in [1.82, 2.24) is 18.7 Å². The standard InChI is InChI=1S/C25H20FN5O3/c26-19-11-5-6-12-20(19)27-22(32)16-30-25(34)31-21-13-7-4-10-18(21)23(33)29(24(31)28-30)15-14-17-8-2-1-3-9-17/h1-13H,14-16H2,(H,27,32). The maximum atomic E-state index is 13.9. The zero-order valence-electron chi connectivity index (χ0n) is 18.0. The van der Waals surface area contributed by atoms with Gasteiger partial charge in [-0.25, -0.2) is 18.3 Å². The Bertz CT molecular complexity index is 1640. The number of anilines is 1. The number of nitrogens with one attached hydrogen (secondary N) is 1. The van der Waals surface area contributed by atoms with Gasteiger partial charge in [0.25, 0.3) is 5.56 Å². The van der Waals surface area contributed by atoms with Gasteiger partial charge in [-0.15, -0.1) is 5.10 Å². The number of para-hydroxylation sites is 2. The molecule has 0 fully saturated rings. The van der Waals surface area contributed by atoms with Crippen LogP contribution < -0.4 is 16.6 Å². The first-order valence-electron chi connectivity index (χ1n) is 10.7. The number of amides is 1. The van der Waals surface area contributed by atoms with E-state index in [2.05, 4.69) is 10.4 Å². The average Bonchev–Trinajstić information content (AvgIpc) is 3.16. The average molecular weight is 457 g/mol. The third-order valence-corrected chi connectivity index (χ3v) is 5.59. The van der Waals surface area contributed by atoms with Crippen molar-refractivity contribution in [2.24, 2.45) is 0 Å². The molecule has 34 heavy (non-hydrogen) atoms. The molecule has 170 valence electrons. The highest BCUT2D eigenvalue weighted by molar-refractivity contribution is 5.90. The molecule has 0 unspecified atom stereocenters. The van der Waals surface area contributed by atoms with E-state index in [4.69, 9.17) is 0 Å². The van der Waals surface area contributed by atoms with Crippen LogP contribution in [0.5, 0.6) is 0 Å². The molecule has 0 spiro atoms. The number of carbonyl (C=O) groups is 1. The minimum atomic E-state index is -0.613. The molecular formula is C25H20FN5O3. The number of halogens is 1. The smallest absolute Gasteiger partial charge is 0.322 e. The van der Waals surface area contributed by atoms with Crippen molar-refractivity contribution in [2.75, 3.05) is 5.32 Å². The molecule has 8 nitrogen and oxygen atoms in total. The van der Waals surface area contributed by atoms with Crippen LogP contribution in [0.3, 0.4) is 0 Å². The van der Waals surface area contributed by atoms with Gasteiger partial charge in [-0.3, -0.25) is 14.2 Å². The van der Waals surface area contributed by atoms with Crippen LogP contribution in [0, 0.1) is 5.82 Å². The van der Waals surface area contributed by atoms with Gasteiger partial charge in [0.15, 0.2) is 0 Å². The Morgan fingerprint density at radius 1 is 0.912 bits per heavy atom. The second kappa shape index (κ2) is 8.78. The SMILES string of the molecule is O=C(Cn1nc2n(CCc3ccccc3)c(=O)c3ccccc3n2c1=O)Nc1ccccc1F. The molecule has 1 N–H and O–H groups in total. The van der Waals surface area contributed by atoms with Gasteiger partial charge in [-0.05, 0) is 36.2 Å². The van der Waals surface area contributed by atoms with Crippen LogP contribution in [-0.2, 0) is 24.3 Å². The number of carbonyl (C=O) groups excluding carboxylic acids is 1. The van der Waals surface area contributed by atoms with E-state index >= 15 is 0 Å². The van der Waals surface area contributed by atoms with Gasteiger partial charge >= 0.3 is 5.69 Å². The highest BCUT2D eigenvalue weighted by atomic mass is 19.1. The maximum Gasteiger partial charge on any atom is 0.352 e. The fourth-order valence-electron chi connectivity index (χ4n) is 3.95. The molecule has 0 aliphatic carbocycles. The minimum Gasteiger partial charge on any atom is -0.322 e. The van der Waals surface area contributed by atoms with Crippen LogP contribution in [0.25, 0.3) is 16.7 Å². The van der Waals surface area contributed by atoms with E-state index in [1.54, 1.807) is 30.3 Å². The summed E-state index contributed by atoms with van der Waals surface area (Å²) in [5, 5.41) is 7.14. The lowest BCUT2D eigenvalue weighted by molar-refractivity contribution is -0.117. The Morgan fingerprint density at radius 3 is 2.41 bits per heavy atom. The molecule has 0 atom stereocenters. The number of nitrogens with zero attached hydrogens (tertiary/aromatic N) is 4. The number of hydrogen-bond acceptors (Lipinski definition) is 4. The van der Waals surface area contributed by atoms with Crippen molar-refractivity contribution in [3.8, 4) is 0 Å². The van der Waals surface area contributed by atoms with Crippen LogP contribution >= 0.6 is 0 Å². The largest absolute Gasteiger partial charge is 0.352 e. The van der Waals surface area contributed by atoms with Gasteiger partial charge < -0.3 is 5.32 Å². The normalized spacial score (nSPS) is 11.2. The van der Waals surface area contributed by atoms with Crippen LogP contribution in [-0.4, -0.2) is 24.7 Å². The summed E-state index contributed by atoms with van der Waals surface area (Å²) in [4.78, 5) is 39.0. The Hall–Kier alpha value is -4.53. The van der Waals surface area contributed by atoms with E-state index in [-0.39, 0.29) is 17.0 Å². The Balaban J connectivity index is 1.57. The predicted molar refractivity (Wildman–Crippen MR) is 126 cm³/mol. The first-order valence-corrected chi connectivity index (χ1v) is 10.7. The molecule has 2 aromatic heterocycles. The summed E-state index contributed by atoms with van der Waals surface area (Å²) in [5.74, 6) is -1.06. The molecule has 0 saturated carbocycles. The van der Waals surface area contributed by atoms with Crippen molar-refractivity contribution < 1.29 is 9.18 Å². The van der Waals surface area contributed by atoms with Crippen molar-refractivity contribution in [2.45, 2.75) is 19.5 Å². The summed E-state index contributed by atoms with van der Waals surface area (Å²) < 4.78 is 17.7. The first kappa shape index (κ1) is 21.3. The molecule has 1 amide bonds. The Labute approximate surface area is 192 Å². The second-order valence-corrected chi connectivity index (χ2v) is 7.81. The lowest BCUT2D eigenvalue weighted by atomic mass is 10.1. The maximum absolute atomic E-state index is 13.9. The molecule has 3 aromatic carbocycles. The van der Waals surface area contributed by atoms with Crippen molar-refractivity contribution in [3.63, 3.8) is 0 Å². The van der Waals surface area contributed by atoms with E-state index < -0.39 is 24.0 Å². The topological polar surface area (TPSA) is 90.4 Å². The van der Waals surface area contributed by atoms with Gasteiger partial charge in [0.2, 0.25) is 11.7 Å². The molecule has 0 aliphatic heterocycles. The molecule has 0 radical (unpaired) electrons. The summed E-state index contributed by atoms with van der Waals surface area (Å²) in [7, 11) is 0. The van der Waals surface area contributed by atoms with E-state index in [1.807, 2.05) is 30.3 Å². The van der Waals surface area contributed by atoms with Gasteiger partial charge in [0, 0.05) is 6.54 Å². The summed E-state index contributed by atoms with van der Waals surface area (Å²) in [6.07, 6.45) is 0.559. The summed E-state index contributed by atoms with van der Waals surface area (Å²) in [6, 6.07) is 22.2. The number of aryl methyl sites for hydroxylation is 2. The second-order valence-electron chi connectivity index (χ2n) is 7.81. The lowest BCUT2D eigenvalue weighted by Crippen LogP contribution is -2.29. The fraction of sp³-hybridized carbons (Fsp3) is 0.120. The van der Waals surface area contributed by atoms with Crippen LogP contribution in [0.1, 0.15) is 5.56 Å².